The standard InChI is InChI=1S/C25H28N2O3S/c1-19(2)20(3)26-25(28)22-16-14-21(15-17-22)18-27(23-10-6-4-7-11-23)31(29,30)24-12-8-5-9-13-24/h4-17,19-20H,18H2,1-3H3,(H,26,28)/t20-/m1/s1. The number of sulfonamides is 1. The van der Waals surface area contributed by atoms with Crippen molar-refractivity contribution in [3.8, 4) is 0 Å². The van der Waals surface area contributed by atoms with Gasteiger partial charge in [0.05, 0.1) is 17.1 Å². The maximum atomic E-state index is 13.4. The van der Waals surface area contributed by atoms with Crippen LogP contribution in [-0.4, -0.2) is 20.4 Å². The first-order chi connectivity index (χ1) is 14.8. The van der Waals surface area contributed by atoms with E-state index in [0.717, 1.165) is 5.56 Å². The minimum atomic E-state index is -3.75. The molecule has 0 saturated heterocycles. The number of benzene rings is 3. The van der Waals surface area contributed by atoms with Gasteiger partial charge in [-0.3, -0.25) is 9.10 Å². The van der Waals surface area contributed by atoms with Crippen LogP contribution in [0.5, 0.6) is 0 Å². The third-order valence-electron chi connectivity index (χ3n) is 5.28. The summed E-state index contributed by atoms with van der Waals surface area (Å²) in [6.45, 7) is 6.24. The molecule has 0 unspecified atom stereocenters. The summed E-state index contributed by atoms with van der Waals surface area (Å²) in [6, 6.07) is 24.5. The lowest BCUT2D eigenvalue weighted by atomic mass is 10.1. The van der Waals surface area contributed by atoms with Crippen molar-refractivity contribution in [1.82, 2.24) is 5.32 Å². The van der Waals surface area contributed by atoms with Crippen molar-refractivity contribution in [3.05, 3.63) is 96.1 Å². The molecule has 0 bridgehead atoms. The molecule has 0 aliphatic heterocycles. The Hall–Kier alpha value is -3.12. The number of carbonyl (C=O) groups is 1. The molecule has 0 heterocycles. The first-order valence-corrected chi connectivity index (χ1v) is 11.8. The molecule has 0 saturated carbocycles. The zero-order valence-corrected chi connectivity index (χ0v) is 18.8. The van der Waals surface area contributed by atoms with Crippen LogP contribution < -0.4 is 9.62 Å². The summed E-state index contributed by atoms with van der Waals surface area (Å²) >= 11 is 0. The fraction of sp³-hybridized carbons (Fsp3) is 0.240. The molecule has 162 valence electrons. The zero-order chi connectivity index (χ0) is 22.4. The minimum Gasteiger partial charge on any atom is -0.349 e. The Labute approximate surface area is 184 Å². The number of anilines is 1. The van der Waals surface area contributed by atoms with E-state index in [1.54, 1.807) is 66.7 Å². The topological polar surface area (TPSA) is 66.5 Å². The Balaban J connectivity index is 1.87. The van der Waals surface area contributed by atoms with Crippen molar-refractivity contribution in [2.24, 2.45) is 5.92 Å². The molecule has 0 aliphatic carbocycles. The largest absolute Gasteiger partial charge is 0.349 e. The lowest BCUT2D eigenvalue weighted by Crippen LogP contribution is -2.36. The molecule has 3 rings (SSSR count). The summed E-state index contributed by atoms with van der Waals surface area (Å²) in [5, 5.41) is 2.98. The molecular formula is C25H28N2O3S. The van der Waals surface area contributed by atoms with Gasteiger partial charge in [0.15, 0.2) is 0 Å². The monoisotopic (exact) mass is 436 g/mol. The Kier molecular flexibility index (Phi) is 7.13. The Bertz CT molecular complexity index is 1100. The highest BCUT2D eigenvalue weighted by molar-refractivity contribution is 7.92. The van der Waals surface area contributed by atoms with Crippen molar-refractivity contribution in [2.45, 2.75) is 38.3 Å². The van der Waals surface area contributed by atoms with Gasteiger partial charge >= 0.3 is 0 Å². The van der Waals surface area contributed by atoms with Gasteiger partial charge in [0.2, 0.25) is 0 Å². The number of nitrogens with zero attached hydrogens (tertiary/aromatic N) is 1. The third kappa shape index (κ3) is 5.52. The summed E-state index contributed by atoms with van der Waals surface area (Å²) in [6.07, 6.45) is 0. The second kappa shape index (κ2) is 9.79. The van der Waals surface area contributed by atoms with E-state index in [9.17, 15) is 13.2 Å². The highest BCUT2D eigenvalue weighted by atomic mass is 32.2. The molecule has 3 aromatic carbocycles. The van der Waals surface area contributed by atoms with Gasteiger partial charge in [0.1, 0.15) is 0 Å². The molecule has 0 fully saturated rings. The molecule has 0 aliphatic rings. The van der Waals surface area contributed by atoms with Crippen LogP contribution in [-0.2, 0) is 16.6 Å². The van der Waals surface area contributed by atoms with Crippen LogP contribution in [0.2, 0.25) is 0 Å². The highest BCUT2D eigenvalue weighted by Gasteiger charge is 2.25. The molecule has 5 nitrogen and oxygen atoms in total. The van der Waals surface area contributed by atoms with E-state index in [4.69, 9.17) is 0 Å². The first kappa shape index (κ1) is 22.6. The highest BCUT2D eigenvalue weighted by Crippen LogP contribution is 2.25. The average molecular weight is 437 g/mol. The van der Waals surface area contributed by atoms with E-state index in [-0.39, 0.29) is 23.4 Å². The van der Waals surface area contributed by atoms with Crippen molar-refractivity contribution in [3.63, 3.8) is 0 Å². The van der Waals surface area contributed by atoms with E-state index in [1.807, 2.05) is 25.1 Å². The fourth-order valence-electron chi connectivity index (χ4n) is 3.01. The van der Waals surface area contributed by atoms with E-state index in [2.05, 4.69) is 19.2 Å². The lowest BCUT2D eigenvalue weighted by molar-refractivity contribution is 0.0930. The summed E-state index contributed by atoms with van der Waals surface area (Å²) in [7, 11) is -3.75. The van der Waals surface area contributed by atoms with E-state index >= 15 is 0 Å². The van der Waals surface area contributed by atoms with Crippen LogP contribution in [0.4, 0.5) is 5.69 Å². The van der Waals surface area contributed by atoms with E-state index in [0.29, 0.717) is 17.2 Å². The van der Waals surface area contributed by atoms with E-state index < -0.39 is 10.0 Å². The van der Waals surface area contributed by atoms with Crippen molar-refractivity contribution >= 4 is 21.6 Å². The minimum absolute atomic E-state index is 0.0664. The zero-order valence-electron chi connectivity index (χ0n) is 18.0. The van der Waals surface area contributed by atoms with Gasteiger partial charge < -0.3 is 5.32 Å². The summed E-state index contributed by atoms with van der Waals surface area (Å²) in [5.41, 5.74) is 1.92. The molecule has 3 aromatic rings. The second-order valence-corrected chi connectivity index (χ2v) is 9.73. The molecule has 0 spiro atoms. The van der Waals surface area contributed by atoms with Crippen LogP contribution in [0, 0.1) is 5.92 Å². The molecule has 1 amide bonds. The molecule has 1 atom stereocenters. The van der Waals surface area contributed by atoms with Crippen molar-refractivity contribution in [1.29, 1.82) is 0 Å². The van der Waals surface area contributed by atoms with Gasteiger partial charge in [-0.2, -0.15) is 0 Å². The molecular weight excluding hydrogens is 408 g/mol. The number of para-hydroxylation sites is 1. The van der Waals surface area contributed by atoms with Gasteiger partial charge in [0.25, 0.3) is 15.9 Å². The number of hydrogen-bond acceptors (Lipinski definition) is 3. The third-order valence-corrected chi connectivity index (χ3v) is 7.06. The maximum absolute atomic E-state index is 13.4. The predicted octanol–water partition coefficient (Wildman–Crippen LogP) is 4.86. The Morgan fingerprint density at radius 1 is 0.839 bits per heavy atom. The molecule has 0 radical (unpaired) electrons. The quantitative estimate of drug-likeness (QED) is 0.549. The SMILES string of the molecule is CC(C)[C@@H](C)NC(=O)c1ccc(CN(c2ccccc2)S(=O)(=O)c2ccccc2)cc1. The number of nitrogens with one attached hydrogen (secondary N) is 1. The summed E-state index contributed by atoms with van der Waals surface area (Å²) < 4.78 is 28.1. The van der Waals surface area contributed by atoms with E-state index in [1.165, 1.54) is 4.31 Å². The number of amides is 1. The molecule has 6 heteroatoms. The van der Waals surface area contributed by atoms with Crippen LogP contribution >= 0.6 is 0 Å². The maximum Gasteiger partial charge on any atom is 0.264 e. The van der Waals surface area contributed by atoms with Crippen LogP contribution in [0.1, 0.15) is 36.7 Å². The van der Waals surface area contributed by atoms with Gasteiger partial charge in [-0.15, -0.1) is 0 Å². The lowest BCUT2D eigenvalue weighted by Gasteiger charge is -2.25. The number of carbonyl (C=O) groups excluding carboxylic acids is 1. The number of rotatable bonds is 8. The summed E-state index contributed by atoms with van der Waals surface area (Å²) in [4.78, 5) is 12.7. The Morgan fingerprint density at radius 2 is 1.39 bits per heavy atom. The van der Waals surface area contributed by atoms with Crippen molar-refractivity contribution in [2.75, 3.05) is 4.31 Å². The normalized spacial score (nSPS) is 12.4. The molecule has 31 heavy (non-hydrogen) atoms. The van der Waals surface area contributed by atoms with Gasteiger partial charge in [0, 0.05) is 11.6 Å². The smallest absolute Gasteiger partial charge is 0.264 e. The fourth-order valence-corrected chi connectivity index (χ4v) is 4.49. The van der Waals surface area contributed by atoms with Crippen LogP contribution in [0.25, 0.3) is 0 Å². The molecule has 0 aromatic heterocycles. The first-order valence-electron chi connectivity index (χ1n) is 10.3. The predicted molar refractivity (Wildman–Crippen MR) is 124 cm³/mol. The van der Waals surface area contributed by atoms with Crippen molar-refractivity contribution < 1.29 is 13.2 Å². The van der Waals surface area contributed by atoms with Gasteiger partial charge in [-0.25, -0.2) is 8.42 Å². The molecule has 1 N–H and O–H groups in total. The number of hydrogen-bond donors (Lipinski definition) is 1. The van der Waals surface area contributed by atoms with Crippen LogP contribution in [0.15, 0.2) is 89.8 Å². The second-order valence-electron chi connectivity index (χ2n) is 7.86. The van der Waals surface area contributed by atoms with Gasteiger partial charge in [-0.1, -0.05) is 62.4 Å². The average Bonchev–Trinajstić information content (AvgIpc) is 2.78. The van der Waals surface area contributed by atoms with Crippen LogP contribution in [0.3, 0.4) is 0 Å². The Morgan fingerprint density at radius 3 is 1.94 bits per heavy atom. The summed E-state index contributed by atoms with van der Waals surface area (Å²) in [5.74, 6) is 0.204. The van der Waals surface area contributed by atoms with Gasteiger partial charge in [-0.05, 0) is 54.8 Å².